The minimum atomic E-state index is -0.229. The van der Waals surface area contributed by atoms with Crippen molar-refractivity contribution in [3.8, 4) is 17.0 Å². The van der Waals surface area contributed by atoms with Crippen molar-refractivity contribution in [1.82, 2.24) is 10.2 Å². The molecule has 1 radical (unpaired) electrons. The molecule has 0 unspecified atom stereocenters. The van der Waals surface area contributed by atoms with E-state index in [-0.39, 0.29) is 50.1 Å². The predicted octanol–water partition coefficient (Wildman–Crippen LogP) is 1.53. The van der Waals surface area contributed by atoms with Crippen LogP contribution in [0, 0.1) is 0 Å². The summed E-state index contributed by atoms with van der Waals surface area (Å²) in [6.07, 6.45) is -0.167. The van der Waals surface area contributed by atoms with Crippen molar-refractivity contribution < 1.29 is 42.9 Å². The second kappa shape index (κ2) is 8.96. The second-order valence-corrected chi connectivity index (χ2v) is 3.95. The minimum absolute atomic E-state index is 0. The number of aliphatic hydroxyl groups is 1. The molecule has 1 heterocycles. The largest absolute Gasteiger partial charge is 0.508 e. The summed E-state index contributed by atoms with van der Waals surface area (Å²) >= 11 is 0. The molecule has 0 aliphatic carbocycles. The maximum atomic E-state index is 10.7. The van der Waals surface area contributed by atoms with Crippen molar-refractivity contribution in [3.05, 3.63) is 46.8 Å². The maximum absolute atomic E-state index is 10.7. The van der Waals surface area contributed by atoms with Gasteiger partial charge in [-0.05, 0) is 44.2 Å². The van der Waals surface area contributed by atoms with Crippen LogP contribution in [0.25, 0.3) is 11.3 Å². The zero-order chi connectivity index (χ0) is 13.5. The third kappa shape index (κ3) is 7.20. The van der Waals surface area contributed by atoms with Crippen LogP contribution in [0.5, 0.6) is 5.75 Å². The van der Waals surface area contributed by atoms with Gasteiger partial charge in [0, 0.05) is 50.4 Å². The predicted molar refractivity (Wildman–Crippen MR) is 69.3 cm³/mol. The van der Waals surface area contributed by atoms with Gasteiger partial charge in [-0.3, -0.25) is 4.79 Å². The van der Waals surface area contributed by atoms with E-state index < -0.39 is 0 Å². The fraction of sp³-hybridized carbons (Fsp3) is 0.231. The van der Waals surface area contributed by atoms with Crippen LogP contribution in [0.15, 0.2) is 41.2 Å². The van der Waals surface area contributed by atoms with E-state index in [1.165, 1.54) is 6.07 Å². The van der Waals surface area contributed by atoms with Gasteiger partial charge in [0.25, 0.3) is 5.56 Å². The Balaban J connectivity index is 0.000000576. The molecule has 0 saturated heterocycles. The SMILES string of the molecule is CC(C)O.O=c1ccc(-c2ccc(O)cc2)n[nH]1.[Y]. The molecular weight excluding hydrogens is 321 g/mol. The Morgan fingerprint density at radius 1 is 1.11 bits per heavy atom. The van der Waals surface area contributed by atoms with E-state index in [0.29, 0.717) is 5.69 Å². The molecule has 99 valence electrons. The number of nitrogens with zero attached hydrogens (tertiary/aromatic N) is 1. The number of nitrogens with one attached hydrogen (secondary N) is 1. The van der Waals surface area contributed by atoms with Gasteiger partial charge in [0.05, 0.1) is 5.69 Å². The quantitative estimate of drug-likeness (QED) is 0.737. The molecule has 0 aliphatic heterocycles. The molecule has 0 fully saturated rings. The van der Waals surface area contributed by atoms with Gasteiger partial charge < -0.3 is 10.2 Å². The van der Waals surface area contributed by atoms with E-state index in [1.807, 2.05) is 0 Å². The number of rotatable bonds is 1. The van der Waals surface area contributed by atoms with E-state index >= 15 is 0 Å². The van der Waals surface area contributed by atoms with Crippen LogP contribution in [-0.2, 0) is 32.7 Å². The Morgan fingerprint density at radius 2 is 1.63 bits per heavy atom. The van der Waals surface area contributed by atoms with Gasteiger partial charge in [0.2, 0.25) is 0 Å². The van der Waals surface area contributed by atoms with Gasteiger partial charge in [0.15, 0.2) is 0 Å². The first kappa shape index (κ1) is 18.0. The van der Waals surface area contributed by atoms with Crippen LogP contribution in [0.2, 0.25) is 0 Å². The summed E-state index contributed by atoms with van der Waals surface area (Å²) in [5, 5.41) is 23.3. The molecule has 0 amide bonds. The zero-order valence-corrected chi connectivity index (χ0v) is 13.7. The Hall–Kier alpha value is -1.04. The van der Waals surface area contributed by atoms with E-state index in [0.717, 1.165) is 5.56 Å². The van der Waals surface area contributed by atoms with Crippen LogP contribution >= 0.6 is 0 Å². The number of phenolic OH excluding ortho intramolecular Hbond substituents is 1. The van der Waals surface area contributed by atoms with Crippen LogP contribution < -0.4 is 5.56 Å². The van der Waals surface area contributed by atoms with Gasteiger partial charge in [-0.1, -0.05) is 0 Å². The summed E-state index contributed by atoms with van der Waals surface area (Å²) in [5.74, 6) is 0.207. The fourth-order valence-electron chi connectivity index (χ4n) is 1.14. The van der Waals surface area contributed by atoms with Crippen LogP contribution in [0.1, 0.15) is 13.8 Å². The molecule has 5 nitrogen and oxygen atoms in total. The van der Waals surface area contributed by atoms with Crippen LogP contribution in [0.4, 0.5) is 0 Å². The summed E-state index contributed by atoms with van der Waals surface area (Å²) in [6, 6.07) is 9.65. The normalized spacial score (nSPS) is 9.26. The van der Waals surface area contributed by atoms with Gasteiger partial charge in [-0.15, -0.1) is 0 Å². The number of aromatic hydroxyl groups is 1. The van der Waals surface area contributed by atoms with E-state index in [1.54, 1.807) is 44.2 Å². The standard InChI is InChI=1S/C10H8N2O2.C3H8O.Y/c13-8-3-1-7(2-4-8)9-5-6-10(14)12-11-9;1-3(2)4;/h1-6,13H,(H,12,14);3-4H,1-2H3;. The average Bonchev–Trinajstić information content (AvgIpc) is 2.31. The van der Waals surface area contributed by atoms with Gasteiger partial charge >= 0.3 is 0 Å². The Morgan fingerprint density at radius 3 is 2.05 bits per heavy atom. The molecule has 1 aromatic heterocycles. The summed E-state index contributed by atoms with van der Waals surface area (Å²) in [7, 11) is 0. The number of hydrogen-bond donors (Lipinski definition) is 3. The average molecular weight is 337 g/mol. The summed E-state index contributed by atoms with van der Waals surface area (Å²) in [5.41, 5.74) is 1.29. The van der Waals surface area contributed by atoms with Gasteiger partial charge in [-0.2, -0.15) is 5.10 Å². The van der Waals surface area contributed by atoms with Crippen molar-refractivity contribution in [2.24, 2.45) is 0 Å². The monoisotopic (exact) mass is 337 g/mol. The smallest absolute Gasteiger partial charge is 0.264 e. The van der Waals surface area contributed by atoms with E-state index in [4.69, 9.17) is 10.2 Å². The van der Waals surface area contributed by atoms with Crippen molar-refractivity contribution in [2.45, 2.75) is 20.0 Å². The van der Waals surface area contributed by atoms with Gasteiger partial charge in [-0.25, -0.2) is 5.10 Å². The molecule has 0 atom stereocenters. The number of aromatic nitrogens is 2. The van der Waals surface area contributed by atoms with Gasteiger partial charge in [0.1, 0.15) is 5.75 Å². The van der Waals surface area contributed by atoms with Crippen LogP contribution in [-0.4, -0.2) is 26.5 Å². The van der Waals surface area contributed by atoms with Crippen molar-refractivity contribution in [1.29, 1.82) is 0 Å². The molecule has 0 aliphatic rings. The molecule has 19 heavy (non-hydrogen) atoms. The summed E-state index contributed by atoms with van der Waals surface area (Å²) in [6.45, 7) is 3.44. The molecule has 0 bridgehead atoms. The number of phenols is 1. The third-order valence-electron chi connectivity index (χ3n) is 1.84. The van der Waals surface area contributed by atoms with E-state index in [2.05, 4.69) is 10.2 Å². The van der Waals surface area contributed by atoms with Crippen LogP contribution in [0.3, 0.4) is 0 Å². The Kier molecular flexibility index (Phi) is 8.47. The van der Waals surface area contributed by atoms with Crippen molar-refractivity contribution in [3.63, 3.8) is 0 Å². The molecule has 0 spiro atoms. The second-order valence-electron chi connectivity index (χ2n) is 3.95. The molecule has 1 aromatic carbocycles. The first-order valence-corrected chi connectivity index (χ1v) is 5.52. The molecule has 3 N–H and O–H groups in total. The number of aromatic amines is 1. The molecule has 0 saturated carbocycles. The fourth-order valence-corrected chi connectivity index (χ4v) is 1.14. The van der Waals surface area contributed by atoms with E-state index in [9.17, 15) is 4.79 Å². The first-order valence-electron chi connectivity index (χ1n) is 5.52. The molecule has 6 heteroatoms. The van der Waals surface area contributed by atoms with Crippen molar-refractivity contribution in [2.75, 3.05) is 0 Å². The Bertz CT molecular complexity index is 515. The zero-order valence-electron chi connectivity index (χ0n) is 10.9. The third-order valence-corrected chi connectivity index (χ3v) is 1.84. The van der Waals surface area contributed by atoms with Crippen molar-refractivity contribution >= 4 is 0 Å². The molecular formula is C13H16N2O3Y. The number of hydrogen-bond acceptors (Lipinski definition) is 4. The maximum Gasteiger partial charge on any atom is 0.264 e. The summed E-state index contributed by atoms with van der Waals surface area (Å²) in [4.78, 5) is 10.7. The summed E-state index contributed by atoms with van der Waals surface area (Å²) < 4.78 is 0. The topological polar surface area (TPSA) is 86.2 Å². The number of aliphatic hydroxyl groups excluding tert-OH is 1. The first-order chi connectivity index (χ1) is 8.49. The molecule has 2 rings (SSSR count). The number of benzene rings is 1. The molecule has 2 aromatic rings. The number of H-pyrrole nitrogens is 1. The Labute approximate surface area is 136 Å². The minimum Gasteiger partial charge on any atom is -0.508 e.